The molecule has 0 spiro atoms. The Hall–Kier alpha value is -0.880. The Kier molecular flexibility index (Phi) is 4.49. The van der Waals surface area contributed by atoms with E-state index in [0.717, 1.165) is 12.1 Å². The molecule has 1 saturated heterocycles. The summed E-state index contributed by atoms with van der Waals surface area (Å²) in [5.74, 6) is 0. The third-order valence-corrected chi connectivity index (χ3v) is 4.23. The highest BCUT2D eigenvalue weighted by Gasteiger charge is 2.38. The lowest BCUT2D eigenvalue weighted by atomic mass is 9.97. The van der Waals surface area contributed by atoms with Crippen molar-refractivity contribution in [3.63, 3.8) is 0 Å². The standard InChI is InChI=1S/C13H16F3O4P/c1-12(2)8-19-21(17,20-9-12)18-7-10-3-5-11(6-4-10)13(14,15)16/h3-6H,7-9H2,1-2H3. The van der Waals surface area contributed by atoms with Gasteiger partial charge in [-0.3, -0.25) is 13.6 Å². The lowest BCUT2D eigenvalue weighted by Crippen LogP contribution is -2.29. The molecule has 21 heavy (non-hydrogen) atoms. The molecule has 118 valence electrons. The number of phosphoric ester groups is 1. The molecule has 1 heterocycles. The Morgan fingerprint density at radius 3 is 2.19 bits per heavy atom. The molecule has 1 aliphatic heterocycles. The molecule has 0 radical (unpaired) electrons. The molecule has 8 heteroatoms. The molecule has 0 atom stereocenters. The molecule has 0 N–H and O–H groups in total. The van der Waals surface area contributed by atoms with Gasteiger partial charge in [0.25, 0.3) is 0 Å². The van der Waals surface area contributed by atoms with E-state index in [1.54, 1.807) is 0 Å². The Balaban J connectivity index is 1.93. The Morgan fingerprint density at radius 1 is 1.19 bits per heavy atom. The van der Waals surface area contributed by atoms with Crippen LogP contribution in [0.5, 0.6) is 0 Å². The third kappa shape index (κ3) is 4.54. The maximum atomic E-state index is 12.4. The first-order chi connectivity index (χ1) is 9.60. The van der Waals surface area contributed by atoms with Crippen molar-refractivity contribution in [2.45, 2.75) is 26.6 Å². The normalized spacial score (nSPS) is 21.2. The molecular formula is C13H16F3O4P. The molecule has 1 aromatic rings. The second kappa shape index (κ2) is 5.72. The van der Waals surface area contributed by atoms with Crippen molar-refractivity contribution in [1.29, 1.82) is 0 Å². The van der Waals surface area contributed by atoms with Gasteiger partial charge in [0.15, 0.2) is 0 Å². The topological polar surface area (TPSA) is 44.8 Å². The second-order valence-corrected chi connectivity index (χ2v) is 7.30. The lowest BCUT2D eigenvalue weighted by molar-refractivity contribution is -0.137. The molecule has 1 fully saturated rings. The highest BCUT2D eigenvalue weighted by molar-refractivity contribution is 7.48. The maximum absolute atomic E-state index is 12.4. The molecule has 0 aromatic heterocycles. The average Bonchev–Trinajstić information content (AvgIpc) is 2.40. The number of hydrogen-bond donors (Lipinski definition) is 0. The minimum Gasteiger partial charge on any atom is -0.286 e. The number of benzene rings is 1. The fraction of sp³-hybridized carbons (Fsp3) is 0.538. The van der Waals surface area contributed by atoms with E-state index in [4.69, 9.17) is 13.6 Å². The molecule has 2 rings (SSSR count). The van der Waals surface area contributed by atoms with Crippen LogP contribution in [0.1, 0.15) is 25.0 Å². The van der Waals surface area contributed by atoms with Crippen LogP contribution in [0.25, 0.3) is 0 Å². The zero-order valence-electron chi connectivity index (χ0n) is 11.6. The zero-order chi connectivity index (χ0) is 15.7. The summed E-state index contributed by atoms with van der Waals surface area (Å²) in [5, 5.41) is 0. The van der Waals surface area contributed by atoms with Crippen molar-refractivity contribution in [3.05, 3.63) is 35.4 Å². The largest absolute Gasteiger partial charge is 0.475 e. The van der Waals surface area contributed by atoms with E-state index in [9.17, 15) is 17.7 Å². The number of rotatable bonds is 3. The number of phosphoric acid groups is 1. The monoisotopic (exact) mass is 324 g/mol. The molecule has 0 amide bonds. The number of hydrogen-bond acceptors (Lipinski definition) is 4. The minimum absolute atomic E-state index is 0.143. The summed E-state index contributed by atoms with van der Waals surface area (Å²) in [6.45, 7) is 4.11. The van der Waals surface area contributed by atoms with E-state index in [1.807, 2.05) is 13.8 Å². The van der Waals surface area contributed by atoms with Crippen LogP contribution < -0.4 is 0 Å². The molecule has 0 bridgehead atoms. The summed E-state index contributed by atoms with van der Waals surface area (Å²) in [7, 11) is -3.63. The van der Waals surface area contributed by atoms with Gasteiger partial charge in [-0.1, -0.05) is 26.0 Å². The fourth-order valence-corrected chi connectivity index (χ4v) is 3.15. The molecule has 1 aromatic carbocycles. The Bertz CT molecular complexity index is 525. The second-order valence-electron chi connectivity index (χ2n) is 5.63. The van der Waals surface area contributed by atoms with Crippen molar-refractivity contribution in [2.24, 2.45) is 5.41 Å². The van der Waals surface area contributed by atoms with Crippen LogP contribution in [0.15, 0.2) is 24.3 Å². The lowest BCUT2D eigenvalue weighted by Gasteiger charge is -2.32. The van der Waals surface area contributed by atoms with Gasteiger partial charge in [-0.15, -0.1) is 0 Å². The molecule has 0 saturated carbocycles. The van der Waals surface area contributed by atoms with Crippen LogP contribution in [0.2, 0.25) is 0 Å². The van der Waals surface area contributed by atoms with E-state index < -0.39 is 19.6 Å². The first-order valence-electron chi connectivity index (χ1n) is 6.30. The smallest absolute Gasteiger partial charge is 0.286 e. The van der Waals surface area contributed by atoms with Gasteiger partial charge >= 0.3 is 14.0 Å². The maximum Gasteiger partial charge on any atom is 0.475 e. The van der Waals surface area contributed by atoms with Crippen LogP contribution >= 0.6 is 7.82 Å². The zero-order valence-corrected chi connectivity index (χ0v) is 12.5. The highest BCUT2D eigenvalue weighted by atomic mass is 31.2. The highest BCUT2D eigenvalue weighted by Crippen LogP contribution is 2.55. The van der Waals surface area contributed by atoms with E-state index in [-0.39, 0.29) is 25.2 Å². The van der Waals surface area contributed by atoms with E-state index in [0.29, 0.717) is 5.56 Å². The van der Waals surface area contributed by atoms with Crippen LogP contribution in [0, 0.1) is 5.41 Å². The minimum atomic E-state index is -4.38. The first-order valence-corrected chi connectivity index (χ1v) is 7.76. The summed E-state index contributed by atoms with van der Waals surface area (Å²) in [4.78, 5) is 0. The molecule has 4 nitrogen and oxygen atoms in total. The Morgan fingerprint density at radius 2 is 1.71 bits per heavy atom. The third-order valence-electron chi connectivity index (χ3n) is 2.90. The van der Waals surface area contributed by atoms with Gasteiger partial charge < -0.3 is 0 Å². The summed E-state index contributed by atoms with van der Waals surface area (Å²) in [5.41, 5.74) is -0.536. The summed E-state index contributed by atoms with van der Waals surface area (Å²) in [6.07, 6.45) is -4.38. The van der Waals surface area contributed by atoms with Crippen molar-refractivity contribution >= 4 is 7.82 Å². The van der Waals surface area contributed by atoms with Gasteiger partial charge in [0.1, 0.15) is 0 Å². The molecule has 1 aliphatic rings. The van der Waals surface area contributed by atoms with Gasteiger partial charge in [0.2, 0.25) is 0 Å². The van der Waals surface area contributed by atoms with Gasteiger partial charge in [-0.05, 0) is 17.7 Å². The van der Waals surface area contributed by atoms with E-state index in [2.05, 4.69) is 0 Å². The quantitative estimate of drug-likeness (QED) is 0.773. The van der Waals surface area contributed by atoms with Crippen molar-refractivity contribution in [3.8, 4) is 0 Å². The van der Waals surface area contributed by atoms with Crippen LogP contribution in [-0.4, -0.2) is 13.2 Å². The Labute approximate surface area is 120 Å². The molecule has 0 unspecified atom stereocenters. The van der Waals surface area contributed by atoms with Gasteiger partial charge in [0, 0.05) is 5.41 Å². The van der Waals surface area contributed by atoms with Crippen LogP contribution in [0.3, 0.4) is 0 Å². The summed E-state index contributed by atoms with van der Waals surface area (Å²) in [6, 6.07) is 4.42. The predicted octanol–water partition coefficient (Wildman–Crippen LogP) is 4.40. The van der Waals surface area contributed by atoms with Gasteiger partial charge in [-0.25, -0.2) is 4.57 Å². The predicted molar refractivity (Wildman–Crippen MR) is 69.5 cm³/mol. The van der Waals surface area contributed by atoms with Crippen molar-refractivity contribution < 1.29 is 31.3 Å². The number of alkyl halides is 3. The number of halogens is 3. The van der Waals surface area contributed by atoms with Gasteiger partial charge in [-0.2, -0.15) is 13.2 Å². The molecular weight excluding hydrogens is 308 g/mol. The summed E-state index contributed by atoms with van der Waals surface area (Å²) >= 11 is 0. The van der Waals surface area contributed by atoms with Crippen molar-refractivity contribution in [1.82, 2.24) is 0 Å². The fourth-order valence-electron chi connectivity index (χ4n) is 1.60. The summed E-state index contributed by atoms with van der Waals surface area (Å²) < 4.78 is 64.6. The SMILES string of the molecule is CC1(C)COP(=O)(OCc2ccc(C(F)(F)F)cc2)OC1. The van der Waals surface area contributed by atoms with Gasteiger partial charge in [0.05, 0.1) is 25.4 Å². The van der Waals surface area contributed by atoms with Crippen molar-refractivity contribution in [2.75, 3.05) is 13.2 Å². The van der Waals surface area contributed by atoms with E-state index in [1.165, 1.54) is 12.1 Å². The van der Waals surface area contributed by atoms with Crippen LogP contribution in [0.4, 0.5) is 13.2 Å². The van der Waals surface area contributed by atoms with E-state index >= 15 is 0 Å². The first kappa shape index (κ1) is 16.5. The van der Waals surface area contributed by atoms with Crippen LogP contribution in [-0.2, 0) is 30.9 Å². The average molecular weight is 324 g/mol. The molecule has 0 aliphatic carbocycles.